The van der Waals surface area contributed by atoms with Crippen molar-refractivity contribution in [2.24, 2.45) is 5.92 Å². The van der Waals surface area contributed by atoms with E-state index in [9.17, 15) is 14.7 Å². The Balaban J connectivity index is 2.15. The van der Waals surface area contributed by atoms with Crippen LogP contribution >= 0.6 is 0 Å². The number of rotatable bonds is 5. The number of benzene rings is 1. The van der Waals surface area contributed by atoms with Crippen LogP contribution in [0.3, 0.4) is 0 Å². The van der Waals surface area contributed by atoms with E-state index in [4.69, 9.17) is 9.84 Å². The number of hydrogen-bond acceptors (Lipinski definition) is 4. The molecule has 1 fully saturated rings. The molecule has 0 spiro atoms. The lowest BCUT2D eigenvalue weighted by Crippen LogP contribution is -2.53. The van der Waals surface area contributed by atoms with E-state index >= 15 is 0 Å². The Bertz CT molecular complexity index is 549. The minimum absolute atomic E-state index is 0.0536. The Hall–Kier alpha value is -2.12. The number of aliphatic hydroxyl groups excluding tert-OH is 1. The molecule has 1 heterocycles. The normalized spacial score (nSPS) is 22.2. The quantitative estimate of drug-likeness (QED) is 0.752. The van der Waals surface area contributed by atoms with Gasteiger partial charge in [0.15, 0.2) is 6.29 Å². The van der Waals surface area contributed by atoms with Gasteiger partial charge in [0.25, 0.3) is 0 Å². The molecule has 1 aliphatic heterocycles. The molecule has 7 heteroatoms. The van der Waals surface area contributed by atoms with Gasteiger partial charge < -0.3 is 25.2 Å². The first kappa shape index (κ1) is 17.2. The second-order valence-electron chi connectivity index (χ2n) is 5.92. The number of hydrogen-bond donors (Lipinski definition) is 3. The van der Waals surface area contributed by atoms with Gasteiger partial charge in [-0.05, 0) is 17.9 Å². The van der Waals surface area contributed by atoms with E-state index in [0.717, 1.165) is 5.56 Å². The Morgan fingerprint density at radius 1 is 1.35 bits per heavy atom. The van der Waals surface area contributed by atoms with Gasteiger partial charge in [-0.25, -0.2) is 4.79 Å². The fraction of sp³-hybridized carbons (Fsp3) is 0.500. The predicted molar refractivity (Wildman–Crippen MR) is 82.5 cm³/mol. The number of carboxylic acid groups (broad SMARTS) is 1. The number of carbonyl (C=O) groups is 2. The van der Waals surface area contributed by atoms with Gasteiger partial charge in [-0.15, -0.1) is 0 Å². The van der Waals surface area contributed by atoms with Gasteiger partial charge in [0.1, 0.15) is 12.8 Å². The Morgan fingerprint density at radius 3 is 2.57 bits per heavy atom. The third-order valence-electron chi connectivity index (χ3n) is 3.90. The van der Waals surface area contributed by atoms with Gasteiger partial charge in [0.05, 0.1) is 6.04 Å². The molecule has 1 aromatic rings. The van der Waals surface area contributed by atoms with Gasteiger partial charge in [-0.1, -0.05) is 44.2 Å². The summed E-state index contributed by atoms with van der Waals surface area (Å²) in [5.41, 5.74) is 0.965. The van der Waals surface area contributed by atoms with E-state index in [2.05, 4.69) is 5.32 Å². The molecule has 1 aliphatic rings. The lowest BCUT2D eigenvalue weighted by molar-refractivity contribution is -0.136. The number of nitrogens with zero attached hydrogens (tertiary/aromatic N) is 1. The zero-order valence-electron chi connectivity index (χ0n) is 13.2. The maximum absolute atomic E-state index is 12.7. The van der Waals surface area contributed by atoms with Crippen molar-refractivity contribution < 1.29 is 24.5 Å². The molecule has 3 N–H and O–H groups in total. The van der Waals surface area contributed by atoms with Crippen molar-refractivity contribution in [2.75, 3.05) is 6.73 Å². The summed E-state index contributed by atoms with van der Waals surface area (Å²) < 4.78 is 5.19. The lowest BCUT2D eigenvalue weighted by Gasteiger charge is -2.29. The summed E-state index contributed by atoms with van der Waals surface area (Å²) in [6.07, 6.45) is -1.90. The molecule has 126 valence electrons. The molecule has 0 aliphatic carbocycles. The van der Waals surface area contributed by atoms with Crippen LogP contribution in [0.5, 0.6) is 0 Å². The van der Waals surface area contributed by atoms with Gasteiger partial charge in [-0.3, -0.25) is 4.79 Å². The summed E-state index contributed by atoms with van der Waals surface area (Å²) in [4.78, 5) is 25.0. The van der Waals surface area contributed by atoms with Crippen molar-refractivity contribution in [3.05, 3.63) is 35.9 Å². The molecule has 3 atom stereocenters. The number of amides is 2. The topological polar surface area (TPSA) is 99.1 Å². The summed E-state index contributed by atoms with van der Waals surface area (Å²) in [7, 11) is 0. The summed E-state index contributed by atoms with van der Waals surface area (Å²) in [5, 5.41) is 21.2. The summed E-state index contributed by atoms with van der Waals surface area (Å²) in [5.74, 6) is -0.603. The molecular formula is C16H22N2O5. The first-order chi connectivity index (χ1) is 10.9. The van der Waals surface area contributed by atoms with Crippen molar-refractivity contribution in [1.29, 1.82) is 0 Å². The van der Waals surface area contributed by atoms with Crippen LogP contribution in [0.1, 0.15) is 19.4 Å². The van der Waals surface area contributed by atoms with Crippen LogP contribution in [-0.2, 0) is 16.0 Å². The standard InChI is InChI=1S/C16H22N2O5/c1-10(2)13(17-16(21)22)14(19)18-9-23-15(20)12(18)8-11-6-4-3-5-7-11/h3-7,10,12-13,15,17,20H,8-9H2,1-2H3,(H,21,22)/t12-,13?,15-/m0/s1. The molecule has 7 nitrogen and oxygen atoms in total. The van der Waals surface area contributed by atoms with E-state index in [0.29, 0.717) is 6.42 Å². The van der Waals surface area contributed by atoms with E-state index < -0.39 is 24.5 Å². The molecule has 0 aromatic heterocycles. The third kappa shape index (κ3) is 4.20. The van der Waals surface area contributed by atoms with Crippen molar-refractivity contribution in [3.8, 4) is 0 Å². The molecule has 1 unspecified atom stereocenters. The molecule has 2 amide bonds. The van der Waals surface area contributed by atoms with Gasteiger partial charge in [0, 0.05) is 0 Å². The van der Waals surface area contributed by atoms with Crippen LogP contribution in [-0.4, -0.2) is 52.2 Å². The zero-order chi connectivity index (χ0) is 17.0. The molecule has 0 saturated carbocycles. The molecule has 0 bridgehead atoms. The van der Waals surface area contributed by atoms with E-state index in [1.807, 2.05) is 30.3 Å². The average molecular weight is 322 g/mol. The van der Waals surface area contributed by atoms with Gasteiger partial charge in [0.2, 0.25) is 5.91 Å². The molecule has 2 rings (SSSR count). The van der Waals surface area contributed by atoms with E-state index in [1.165, 1.54) is 4.90 Å². The van der Waals surface area contributed by atoms with Crippen molar-refractivity contribution in [3.63, 3.8) is 0 Å². The molecule has 1 saturated heterocycles. The van der Waals surface area contributed by atoms with Crippen LogP contribution < -0.4 is 5.32 Å². The SMILES string of the molecule is CC(C)C(NC(=O)O)C(=O)N1CO[C@H](O)[C@@H]1Cc1ccccc1. The monoisotopic (exact) mass is 322 g/mol. The second kappa shape index (κ2) is 7.43. The maximum atomic E-state index is 12.7. The van der Waals surface area contributed by atoms with Crippen molar-refractivity contribution in [1.82, 2.24) is 10.2 Å². The highest BCUT2D eigenvalue weighted by Crippen LogP contribution is 2.22. The fourth-order valence-corrected chi connectivity index (χ4v) is 2.64. The van der Waals surface area contributed by atoms with Gasteiger partial charge in [-0.2, -0.15) is 0 Å². The Labute approximate surface area is 134 Å². The predicted octanol–water partition coefficient (Wildman–Crippen LogP) is 1.02. The van der Waals surface area contributed by atoms with E-state index in [1.54, 1.807) is 13.8 Å². The number of aliphatic hydroxyl groups is 1. The van der Waals surface area contributed by atoms with Crippen LogP contribution in [0.4, 0.5) is 4.79 Å². The highest BCUT2D eigenvalue weighted by atomic mass is 16.6. The largest absolute Gasteiger partial charge is 0.465 e. The molecule has 0 radical (unpaired) electrons. The highest BCUT2D eigenvalue weighted by molar-refractivity contribution is 5.86. The summed E-state index contributed by atoms with van der Waals surface area (Å²) >= 11 is 0. The van der Waals surface area contributed by atoms with Crippen LogP contribution in [0.25, 0.3) is 0 Å². The number of ether oxygens (including phenoxy) is 1. The second-order valence-corrected chi connectivity index (χ2v) is 5.92. The van der Waals surface area contributed by atoms with Crippen molar-refractivity contribution in [2.45, 2.75) is 38.6 Å². The van der Waals surface area contributed by atoms with Crippen LogP contribution in [0, 0.1) is 5.92 Å². The van der Waals surface area contributed by atoms with E-state index in [-0.39, 0.29) is 18.6 Å². The van der Waals surface area contributed by atoms with Crippen molar-refractivity contribution >= 4 is 12.0 Å². The minimum Gasteiger partial charge on any atom is -0.465 e. The molecule has 1 aromatic carbocycles. The maximum Gasteiger partial charge on any atom is 0.405 e. The van der Waals surface area contributed by atoms with Crippen LogP contribution in [0.2, 0.25) is 0 Å². The molecule has 23 heavy (non-hydrogen) atoms. The first-order valence-electron chi connectivity index (χ1n) is 7.53. The minimum atomic E-state index is -1.25. The molecular weight excluding hydrogens is 300 g/mol. The van der Waals surface area contributed by atoms with Crippen LogP contribution in [0.15, 0.2) is 30.3 Å². The fourth-order valence-electron chi connectivity index (χ4n) is 2.64. The smallest absolute Gasteiger partial charge is 0.405 e. The first-order valence-corrected chi connectivity index (χ1v) is 7.53. The summed E-state index contributed by atoms with van der Waals surface area (Å²) in [6.45, 7) is 3.47. The third-order valence-corrected chi connectivity index (χ3v) is 3.90. The number of carbonyl (C=O) groups excluding carboxylic acids is 1. The lowest BCUT2D eigenvalue weighted by atomic mass is 10.0. The summed E-state index contributed by atoms with van der Waals surface area (Å²) in [6, 6.07) is 8.05. The average Bonchev–Trinajstić information content (AvgIpc) is 2.86. The zero-order valence-corrected chi connectivity index (χ0v) is 13.2. The van der Waals surface area contributed by atoms with Gasteiger partial charge >= 0.3 is 6.09 Å². The Morgan fingerprint density at radius 2 is 2.00 bits per heavy atom. The Kier molecular flexibility index (Phi) is 5.57. The number of nitrogens with one attached hydrogen (secondary N) is 1. The highest BCUT2D eigenvalue weighted by Gasteiger charge is 2.40.